The molecule has 3 aromatic rings. The molecule has 0 aliphatic carbocycles. The van der Waals surface area contributed by atoms with Crippen LogP contribution in [0.1, 0.15) is 33.1 Å². The summed E-state index contributed by atoms with van der Waals surface area (Å²) in [6.07, 6.45) is 2.99. The van der Waals surface area contributed by atoms with Crippen molar-refractivity contribution in [3.63, 3.8) is 0 Å². The molecule has 0 radical (unpaired) electrons. The lowest BCUT2D eigenvalue weighted by atomic mass is 10.1. The summed E-state index contributed by atoms with van der Waals surface area (Å²) in [5.74, 6) is -1.06. The first-order valence-corrected chi connectivity index (χ1v) is 7.67. The Morgan fingerprint density at radius 1 is 1.12 bits per heavy atom. The Morgan fingerprint density at radius 3 is 2.52 bits per heavy atom. The van der Waals surface area contributed by atoms with Gasteiger partial charge in [-0.1, -0.05) is 5.16 Å². The van der Waals surface area contributed by atoms with Gasteiger partial charge >= 0.3 is 0 Å². The molecule has 0 atom stereocenters. The van der Waals surface area contributed by atoms with E-state index in [1.54, 1.807) is 6.08 Å². The average Bonchev–Trinajstić information content (AvgIpc) is 3.10. The molecule has 6 heteroatoms. The lowest BCUT2D eigenvalue weighted by molar-refractivity contribution is 0.104. The second kappa shape index (κ2) is 6.47. The molecule has 25 heavy (non-hydrogen) atoms. The molecule has 0 unspecified atom stereocenters. The summed E-state index contributed by atoms with van der Waals surface area (Å²) in [4.78, 5) is 12.1. The Bertz CT molecular complexity index is 983. The second-order valence-electron chi connectivity index (χ2n) is 5.78. The van der Waals surface area contributed by atoms with E-state index in [0.29, 0.717) is 11.6 Å². The van der Waals surface area contributed by atoms with Gasteiger partial charge in [0.05, 0.1) is 0 Å². The zero-order valence-electron chi connectivity index (χ0n) is 14.0. The first-order valence-electron chi connectivity index (χ1n) is 7.67. The molecule has 0 N–H and O–H groups in total. The van der Waals surface area contributed by atoms with Gasteiger partial charge in [0.1, 0.15) is 5.76 Å². The third kappa shape index (κ3) is 3.28. The van der Waals surface area contributed by atoms with Crippen molar-refractivity contribution < 1.29 is 18.1 Å². The van der Waals surface area contributed by atoms with Crippen molar-refractivity contribution in [2.24, 2.45) is 0 Å². The van der Waals surface area contributed by atoms with Crippen LogP contribution in [-0.2, 0) is 0 Å². The number of benzene rings is 1. The molecule has 0 saturated heterocycles. The highest BCUT2D eigenvalue weighted by Gasteiger charge is 2.13. The van der Waals surface area contributed by atoms with Crippen molar-refractivity contribution in [1.29, 1.82) is 0 Å². The minimum atomic E-state index is -1.04. The molecular weight excluding hydrogens is 326 g/mol. The summed E-state index contributed by atoms with van der Waals surface area (Å²) in [5.41, 5.74) is 2.75. The standard InChI is InChI=1S/C19H16F2N2O2/c1-11-8-14(13(3)23(11)19-9-12(2)25-22-19)5-7-18(24)15-4-6-16(20)17(21)10-15/h4-10H,1-3H3/b7-5+. The van der Waals surface area contributed by atoms with Crippen LogP contribution in [0.4, 0.5) is 8.78 Å². The van der Waals surface area contributed by atoms with E-state index >= 15 is 0 Å². The molecule has 3 rings (SSSR count). The lowest BCUT2D eigenvalue weighted by Crippen LogP contribution is -1.99. The van der Waals surface area contributed by atoms with Gasteiger partial charge in [-0.25, -0.2) is 8.78 Å². The molecule has 0 amide bonds. The van der Waals surface area contributed by atoms with Gasteiger partial charge in [-0.3, -0.25) is 9.36 Å². The summed E-state index contributed by atoms with van der Waals surface area (Å²) < 4.78 is 33.2. The smallest absolute Gasteiger partial charge is 0.185 e. The number of carbonyl (C=O) groups excluding carboxylic acids is 1. The number of nitrogens with zero attached hydrogens (tertiary/aromatic N) is 2. The van der Waals surface area contributed by atoms with E-state index in [-0.39, 0.29) is 5.56 Å². The fraction of sp³-hybridized carbons (Fsp3) is 0.158. The predicted molar refractivity (Wildman–Crippen MR) is 89.8 cm³/mol. The molecule has 0 fully saturated rings. The molecule has 0 aliphatic rings. The Kier molecular flexibility index (Phi) is 4.35. The molecule has 4 nitrogen and oxygen atoms in total. The van der Waals surface area contributed by atoms with Crippen molar-refractivity contribution in [2.45, 2.75) is 20.8 Å². The van der Waals surface area contributed by atoms with Gasteiger partial charge in [-0.15, -0.1) is 0 Å². The number of halogens is 2. The van der Waals surface area contributed by atoms with Crippen molar-refractivity contribution in [2.75, 3.05) is 0 Å². The Labute approximate surface area is 143 Å². The van der Waals surface area contributed by atoms with Gasteiger partial charge < -0.3 is 4.52 Å². The highest BCUT2D eigenvalue weighted by atomic mass is 19.2. The summed E-state index contributed by atoms with van der Waals surface area (Å²) in [7, 11) is 0. The molecule has 128 valence electrons. The summed E-state index contributed by atoms with van der Waals surface area (Å²) in [5, 5.41) is 4.00. The van der Waals surface area contributed by atoms with Crippen LogP contribution in [0.25, 0.3) is 11.9 Å². The molecule has 0 aliphatic heterocycles. The van der Waals surface area contributed by atoms with Gasteiger partial charge in [0.25, 0.3) is 0 Å². The first-order chi connectivity index (χ1) is 11.9. The quantitative estimate of drug-likeness (QED) is 0.516. The van der Waals surface area contributed by atoms with E-state index in [0.717, 1.165) is 29.1 Å². The predicted octanol–water partition coefficient (Wildman–Crippen LogP) is 4.56. The maximum Gasteiger partial charge on any atom is 0.185 e. The number of aryl methyl sites for hydroxylation is 2. The third-order valence-corrected chi connectivity index (χ3v) is 3.93. The van der Waals surface area contributed by atoms with Crippen LogP contribution in [0.5, 0.6) is 0 Å². The number of ketones is 1. The summed E-state index contributed by atoms with van der Waals surface area (Å²) in [6, 6.07) is 6.82. The van der Waals surface area contributed by atoms with Crippen molar-refractivity contribution in [1.82, 2.24) is 9.72 Å². The molecule has 0 saturated carbocycles. The number of rotatable bonds is 4. The molecular formula is C19H16F2N2O2. The SMILES string of the molecule is Cc1cc(-n2c(C)cc(/C=C/C(=O)c3ccc(F)c(F)c3)c2C)no1. The van der Waals surface area contributed by atoms with Gasteiger partial charge in [-0.05, 0) is 62.8 Å². The van der Waals surface area contributed by atoms with Crippen LogP contribution in [0, 0.1) is 32.4 Å². The van der Waals surface area contributed by atoms with Crippen LogP contribution >= 0.6 is 0 Å². The number of hydrogen-bond donors (Lipinski definition) is 0. The maximum atomic E-state index is 13.2. The fourth-order valence-electron chi connectivity index (χ4n) is 2.68. The average molecular weight is 342 g/mol. The monoisotopic (exact) mass is 342 g/mol. The van der Waals surface area contributed by atoms with Crippen molar-refractivity contribution in [3.8, 4) is 5.82 Å². The van der Waals surface area contributed by atoms with Gasteiger partial charge in [0.15, 0.2) is 23.2 Å². The number of hydrogen-bond acceptors (Lipinski definition) is 3. The Hall–Kier alpha value is -3.02. The highest BCUT2D eigenvalue weighted by molar-refractivity contribution is 6.06. The van der Waals surface area contributed by atoms with Crippen LogP contribution in [0.15, 0.2) is 40.9 Å². The largest absolute Gasteiger partial charge is 0.360 e. The third-order valence-electron chi connectivity index (χ3n) is 3.93. The van der Waals surface area contributed by atoms with E-state index in [1.807, 2.05) is 37.5 Å². The van der Waals surface area contributed by atoms with Crippen molar-refractivity contribution in [3.05, 3.63) is 76.3 Å². The lowest BCUT2D eigenvalue weighted by Gasteiger charge is -2.03. The number of allylic oxidation sites excluding steroid dienone is 1. The summed E-state index contributed by atoms with van der Waals surface area (Å²) in [6.45, 7) is 5.64. The maximum absolute atomic E-state index is 13.2. The van der Waals surface area contributed by atoms with Gasteiger partial charge in [0.2, 0.25) is 0 Å². The number of carbonyl (C=O) groups is 1. The van der Waals surface area contributed by atoms with Crippen LogP contribution in [0.3, 0.4) is 0 Å². The van der Waals surface area contributed by atoms with Crippen molar-refractivity contribution >= 4 is 11.9 Å². The first kappa shape index (κ1) is 16.8. The zero-order valence-corrected chi connectivity index (χ0v) is 14.0. The van der Waals surface area contributed by atoms with Gasteiger partial charge in [0, 0.05) is 23.0 Å². The van der Waals surface area contributed by atoms with E-state index in [4.69, 9.17) is 4.52 Å². The molecule has 2 aromatic heterocycles. The highest BCUT2D eigenvalue weighted by Crippen LogP contribution is 2.22. The molecule has 1 aromatic carbocycles. The topological polar surface area (TPSA) is 48.0 Å². The Morgan fingerprint density at radius 2 is 1.88 bits per heavy atom. The van der Waals surface area contributed by atoms with E-state index < -0.39 is 17.4 Å². The fourth-order valence-corrected chi connectivity index (χ4v) is 2.68. The molecule has 2 heterocycles. The van der Waals surface area contributed by atoms with Crippen LogP contribution < -0.4 is 0 Å². The van der Waals surface area contributed by atoms with Crippen LogP contribution in [-0.4, -0.2) is 15.5 Å². The zero-order chi connectivity index (χ0) is 18.1. The second-order valence-corrected chi connectivity index (χ2v) is 5.78. The summed E-state index contributed by atoms with van der Waals surface area (Å²) >= 11 is 0. The van der Waals surface area contributed by atoms with E-state index in [1.165, 1.54) is 12.1 Å². The Balaban J connectivity index is 1.89. The number of aromatic nitrogens is 2. The van der Waals surface area contributed by atoms with E-state index in [9.17, 15) is 13.6 Å². The normalized spacial score (nSPS) is 11.4. The molecule has 0 spiro atoms. The molecule has 0 bridgehead atoms. The minimum Gasteiger partial charge on any atom is -0.360 e. The van der Waals surface area contributed by atoms with Gasteiger partial charge in [-0.2, -0.15) is 0 Å². The minimum absolute atomic E-state index is 0.0936. The van der Waals surface area contributed by atoms with E-state index in [2.05, 4.69) is 5.16 Å². The van der Waals surface area contributed by atoms with Crippen LogP contribution in [0.2, 0.25) is 0 Å².